The van der Waals surface area contributed by atoms with Crippen LogP contribution >= 0.6 is 0 Å². The Kier molecular flexibility index (Phi) is 4.70. The molecule has 0 saturated carbocycles. The van der Waals surface area contributed by atoms with E-state index < -0.39 is 12.1 Å². The molecule has 7 heteroatoms. The monoisotopic (exact) mass is 368 g/mol. The van der Waals surface area contributed by atoms with Crippen molar-refractivity contribution in [3.63, 3.8) is 0 Å². The number of nitrogens with one attached hydrogen (secondary N) is 2. The van der Waals surface area contributed by atoms with E-state index in [1.165, 1.54) is 35.9 Å². The van der Waals surface area contributed by atoms with Gasteiger partial charge in [0, 0.05) is 42.4 Å². The number of H-pyrrole nitrogens is 1. The van der Waals surface area contributed by atoms with Crippen molar-refractivity contribution in [3.8, 4) is 11.3 Å². The number of β-amino-alcohol motifs (C(OH)–C–C–N with tert-alkyl or cyclic N) is 1. The standard InChI is InChI=1S/C20H24N4O3/c1-12(25)24-11-15(26)10-18(24)20(27)21-14-6-4-5-13(9-14)19-16-7-2-3-8-17(16)22-23-19/h4-6,9,15,18,26H,2-3,7-8,10-11H2,1H3,(H,21,27)(H,22,23)/t15-,18-/m1/s1. The van der Waals surface area contributed by atoms with E-state index in [9.17, 15) is 14.7 Å². The maximum Gasteiger partial charge on any atom is 0.247 e. The second-order valence-electron chi connectivity index (χ2n) is 7.38. The molecule has 0 bridgehead atoms. The van der Waals surface area contributed by atoms with E-state index in [-0.39, 0.29) is 24.8 Å². The van der Waals surface area contributed by atoms with Gasteiger partial charge in [-0.15, -0.1) is 0 Å². The van der Waals surface area contributed by atoms with Gasteiger partial charge in [-0.1, -0.05) is 12.1 Å². The van der Waals surface area contributed by atoms with E-state index in [0.29, 0.717) is 5.69 Å². The van der Waals surface area contributed by atoms with Crippen molar-refractivity contribution < 1.29 is 14.7 Å². The highest BCUT2D eigenvalue weighted by Gasteiger charge is 2.37. The Labute approximate surface area is 157 Å². The number of rotatable bonds is 3. The summed E-state index contributed by atoms with van der Waals surface area (Å²) >= 11 is 0. The highest BCUT2D eigenvalue weighted by atomic mass is 16.3. The fourth-order valence-electron chi connectivity index (χ4n) is 4.10. The number of aromatic nitrogens is 2. The third-order valence-corrected chi connectivity index (χ3v) is 5.45. The lowest BCUT2D eigenvalue weighted by Gasteiger charge is -2.22. The summed E-state index contributed by atoms with van der Waals surface area (Å²) in [5, 5.41) is 20.4. The predicted octanol–water partition coefficient (Wildman–Crippen LogP) is 1.88. The Bertz CT molecular complexity index is 876. The first kappa shape index (κ1) is 17.7. The second kappa shape index (κ2) is 7.15. The van der Waals surface area contributed by atoms with Crippen molar-refractivity contribution in [2.24, 2.45) is 0 Å². The van der Waals surface area contributed by atoms with Crippen molar-refractivity contribution >= 4 is 17.5 Å². The van der Waals surface area contributed by atoms with Crippen LogP contribution in [0.4, 0.5) is 5.69 Å². The number of aliphatic hydroxyl groups excluding tert-OH is 1. The summed E-state index contributed by atoms with van der Waals surface area (Å²) < 4.78 is 0. The first-order valence-electron chi connectivity index (χ1n) is 9.45. The summed E-state index contributed by atoms with van der Waals surface area (Å²) in [5.41, 5.74) is 5.05. The van der Waals surface area contributed by atoms with Gasteiger partial charge in [-0.3, -0.25) is 14.7 Å². The van der Waals surface area contributed by atoms with Crippen LogP contribution in [0.25, 0.3) is 11.3 Å². The van der Waals surface area contributed by atoms with Crippen molar-refractivity contribution in [3.05, 3.63) is 35.5 Å². The van der Waals surface area contributed by atoms with Gasteiger partial charge in [-0.2, -0.15) is 5.10 Å². The van der Waals surface area contributed by atoms with Crippen molar-refractivity contribution in [2.45, 2.75) is 51.2 Å². The second-order valence-corrected chi connectivity index (χ2v) is 7.38. The number of fused-ring (bicyclic) bond motifs is 1. The van der Waals surface area contributed by atoms with E-state index in [4.69, 9.17) is 0 Å². The minimum absolute atomic E-state index is 0.201. The van der Waals surface area contributed by atoms with Gasteiger partial charge in [0.1, 0.15) is 6.04 Å². The first-order chi connectivity index (χ1) is 13.0. The molecule has 7 nitrogen and oxygen atoms in total. The van der Waals surface area contributed by atoms with Crippen molar-refractivity contribution in [1.82, 2.24) is 15.1 Å². The molecule has 1 aliphatic carbocycles. The van der Waals surface area contributed by atoms with Gasteiger partial charge in [0.25, 0.3) is 0 Å². The third-order valence-electron chi connectivity index (χ3n) is 5.45. The number of benzene rings is 1. The fourth-order valence-corrected chi connectivity index (χ4v) is 4.10. The minimum atomic E-state index is -0.661. The molecular formula is C20H24N4O3. The van der Waals surface area contributed by atoms with Crippen molar-refractivity contribution in [2.75, 3.05) is 11.9 Å². The predicted molar refractivity (Wildman–Crippen MR) is 101 cm³/mol. The van der Waals surface area contributed by atoms with Crippen LogP contribution in [0.1, 0.15) is 37.4 Å². The molecule has 4 rings (SSSR count). The zero-order chi connectivity index (χ0) is 19.0. The summed E-state index contributed by atoms with van der Waals surface area (Å²) in [7, 11) is 0. The van der Waals surface area contributed by atoms with Crippen LogP contribution in [0.15, 0.2) is 24.3 Å². The Morgan fingerprint density at radius 2 is 2.11 bits per heavy atom. The van der Waals surface area contributed by atoms with Gasteiger partial charge in [0.15, 0.2) is 0 Å². The number of likely N-dealkylation sites (tertiary alicyclic amines) is 1. The van der Waals surface area contributed by atoms with Gasteiger partial charge in [0.05, 0.1) is 11.8 Å². The fraction of sp³-hybridized carbons (Fsp3) is 0.450. The van der Waals surface area contributed by atoms with E-state index in [2.05, 4.69) is 15.5 Å². The van der Waals surface area contributed by atoms with Crippen molar-refractivity contribution in [1.29, 1.82) is 0 Å². The number of anilines is 1. The molecule has 1 aliphatic heterocycles. The van der Waals surface area contributed by atoms with E-state index in [0.717, 1.165) is 24.1 Å². The Morgan fingerprint density at radius 3 is 2.93 bits per heavy atom. The SMILES string of the molecule is CC(=O)N1C[C@H](O)C[C@@H]1C(=O)Nc1cccc(-c2n[nH]c3c2CCCC3)c1. The summed E-state index contributed by atoms with van der Waals surface area (Å²) in [6, 6.07) is 6.97. The molecule has 3 N–H and O–H groups in total. The Morgan fingerprint density at radius 1 is 1.30 bits per heavy atom. The van der Waals surface area contributed by atoms with Gasteiger partial charge >= 0.3 is 0 Å². The lowest BCUT2D eigenvalue weighted by Crippen LogP contribution is -2.42. The number of nitrogens with zero attached hydrogens (tertiary/aromatic N) is 2. The molecule has 2 atom stereocenters. The van der Waals surface area contributed by atoms with Crippen LogP contribution in [0.3, 0.4) is 0 Å². The molecular weight excluding hydrogens is 344 g/mol. The summed E-state index contributed by atoms with van der Waals surface area (Å²) in [4.78, 5) is 25.8. The maximum atomic E-state index is 12.7. The van der Waals surface area contributed by atoms with Gasteiger partial charge < -0.3 is 15.3 Å². The third kappa shape index (κ3) is 3.47. The number of hydrogen-bond acceptors (Lipinski definition) is 4. The van der Waals surface area contributed by atoms with Gasteiger partial charge in [-0.05, 0) is 37.8 Å². The number of aliphatic hydroxyl groups is 1. The van der Waals surface area contributed by atoms with Gasteiger partial charge in [-0.25, -0.2) is 0 Å². The van der Waals surface area contributed by atoms with E-state index in [1.54, 1.807) is 0 Å². The number of aromatic amines is 1. The molecule has 2 aromatic rings. The largest absolute Gasteiger partial charge is 0.391 e. The number of amides is 2. The van der Waals surface area contributed by atoms with Crippen LogP contribution in [0, 0.1) is 0 Å². The minimum Gasteiger partial charge on any atom is -0.391 e. The molecule has 1 aromatic heterocycles. The molecule has 2 aliphatic rings. The smallest absolute Gasteiger partial charge is 0.247 e. The molecule has 2 amide bonds. The lowest BCUT2D eigenvalue weighted by molar-refractivity contribution is -0.134. The molecule has 2 heterocycles. The topological polar surface area (TPSA) is 98.3 Å². The summed E-state index contributed by atoms with van der Waals surface area (Å²) in [6.45, 7) is 1.62. The zero-order valence-corrected chi connectivity index (χ0v) is 15.4. The zero-order valence-electron chi connectivity index (χ0n) is 15.4. The molecule has 27 heavy (non-hydrogen) atoms. The molecule has 0 unspecified atom stereocenters. The molecule has 1 fully saturated rings. The van der Waals surface area contributed by atoms with Crippen LogP contribution in [-0.2, 0) is 22.4 Å². The molecule has 0 spiro atoms. The molecule has 1 aromatic carbocycles. The van der Waals surface area contributed by atoms with E-state index in [1.807, 2.05) is 24.3 Å². The normalized spacial score (nSPS) is 21.8. The first-order valence-corrected chi connectivity index (χ1v) is 9.45. The summed E-state index contributed by atoms with van der Waals surface area (Å²) in [6.07, 6.45) is 4.00. The Balaban J connectivity index is 1.54. The van der Waals surface area contributed by atoms with Gasteiger partial charge in [0.2, 0.25) is 11.8 Å². The average Bonchev–Trinajstić information content (AvgIpc) is 3.25. The molecule has 0 radical (unpaired) electrons. The Hall–Kier alpha value is -2.67. The average molecular weight is 368 g/mol. The van der Waals surface area contributed by atoms with E-state index >= 15 is 0 Å². The summed E-state index contributed by atoms with van der Waals surface area (Å²) in [5.74, 6) is -0.480. The molecule has 1 saturated heterocycles. The van der Waals surface area contributed by atoms with Crippen LogP contribution in [0.2, 0.25) is 0 Å². The number of carbonyl (C=O) groups excluding carboxylic acids is 2. The highest BCUT2D eigenvalue weighted by molar-refractivity contribution is 5.97. The van der Waals surface area contributed by atoms with Crippen LogP contribution in [-0.4, -0.2) is 50.7 Å². The maximum absolute atomic E-state index is 12.7. The lowest BCUT2D eigenvalue weighted by atomic mass is 9.93. The number of hydrogen-bond donors (Lipinski definition) is 3. The van der Waals surface area contributed by atoms with Crippen LogP contribution < -0.4 is 5.32 Å². The number of carbonyl (C=O) groups is 2. The number of aryl methyl sites for hydroxylation is 1. The quantitative estimate of drug-likeness (QED) is 0.770. The molecule has 142 valence electrons. The highest BCUT2D eigenvalue weighted by Crippen LogP contribution is 2.31. The van der Waals surface area contributed by atoms with Crippen LogP contribution in [0.5, 0.6) is 0 Å².